The highest BCUT2D eigenvalue weighted by atomic mass is 16.7. The van der Waals surface area contributed by atoms with E-state index in [1.54, 1.807) is 6.92 Å². The van der Waals surface area contributed by atoms with Gasteiger partial charge in [-0.3, -0.25) is 14.4 Å². The lowest BCUT2D eigenvalue weighted by molar-refractivity contribution is -0.151. The van der Waals surface area contributed by atoms with Crippen molar-refractivity contribution in [2.45, 2.75) is 96.9 Å². The van der Waals surface area contributed by atoms with Gasteiger partial charge in [-0.15, -0.1) is 0 Å². The second-order valence-electron chi connectivity index (χ2n) is 9.74. The predicted molar refractivity (Wildman–Crippen MR) is 124 cm³/mol. The summed E-state index contributed by atoms with van der Waals surface area (Å²) >= 11 is 0. The summed E-state index contributed by atoms with van der Waals surface area (Å²) in [7, 11) is 0. The number of ether oxygens (including phenoxy) is 5. The molecule has 1 aliphatic carbocycles. The van der Waals surface area contributed by atoms with Gasteiger partial charge >= 0.3 is 23.9 Å². The van der Waals surface area contributed by atoms with Gasteiger partial charge in [0.05, 0.1) is 5.92 Å². The molecule has 3 rings (SSSR count). The molecule has 192 valence electrons. The monoisotopic (exact) mass is 490 g/mol. The summed E-state index contributed by atoms with van der Waals surface area (Å²) < 4.78 is 28.5. The molecule has 0 unspecified atom stereocenters. The minimum Gasteiger partial charge on any atom is -0.461 e. The highest BCUT2D eigenvalue weighted by Crippen LogP contribution is 2.50. The Hall–Kier alpha value is -2.94. The second-order valence-corrected chi connectivity index (χ2v) is 9.74. The molecule has 0 saturated carbocycles. The molecule has 0 spiro atoms. The van der Waals surface area contributed by atoms with E-state index in [9.17, 15) is 19.2 Å². The molecule has 0 radical (unpaired) electrons. The number of esters is 4. The van der Waals surface area contributed by atoms with Crippen molar-refractivity contribution in [1.29, 1.82) is 0 Å². The van der Waals surface area contributed by atoms with Crippen molar-refractivity contribution in [1.82, 2.24) is 0 Å². The third-order valence-electron chi connectivity index (χ3n) is 6.63. The summed E-state index contributed by atoms with van der Waals surface area (Å²) in [5, 5.41) is 0. The van der Waals surface area contributed by atoms with Gasteiger partial charge in [0.15, 0.2) is 0 Å². The molecular formula is C26H34O9. The fourth-order valence-electron chi connectivity index (χ4n) is 5.00. The molecule has 2 fully saturated rings. The smallest absolute Gasteiger partial charge is 0.334 e. The lowest BCUT2D eigenvalue weighted by Gasteiger charge is -2.28. The van der Waals surface area contributed by atoms with Crippen LogP contribution in [0.3, 0.4) is 0 Å². The fraction of sp³-hybridized carbons (Fsp3) is 0.615. The minimum absolute atomic E-state index is 0.190. The van der Waals surface area contributed by atoms with E-state index in [0.29, 0.717) is 12.8 Å². The third kappa shape index (κ3) is 6.20. The van der Waals surface area contributed by atoms with E-state index in [1.807, 2.05) is 26.0 Å². The highest BCUT2D eigenvalue weighted by Gasteiger charge is 2.67. The van der Waals surface area contributed by atoms with Gasteiger partial charge in [-0.25, -0.2) is 4.79 Å². The molecule has 2 heterocycles. The number of carbonyl (C=O) groups is 4. The standard InChI is InChI=1S/C26H34O9/c1-13-8-9-21(33-18(6)29)26(7)24(35-26)23-22(15(3)25(30)34-23)20(32-17(5)28)12-14(2)11-19(10-13)31-16(4)27/h8,11,19-24H,3,9-10,12H2,1-2,4-7H3/t19-,20-,21-,22-,23+,24+,26+/m1/s1. The molecule has 0 N–H and O–H groups in total. The van der Waals surface area contributed by atoms with Gasteiger partial charge in [0.1, 0.15) is 36.1 Å². The zero-order valence-corrected chi connectivity index (χ0v) is 21.1. The van der Waals surface area contributed by atoms with Crippen LogP contribution < -0.4 is 0 Å². The van der Waals surface area contributed by atoms with Crippen molar-refractivity contribution in [2.75, 3.05) is 0 Å². The number of fused-ring (bicyclic) bond motifs is 3. The van der Waals surface area contributed by atoms with E-state index in [2.05, 4.69) is 6.58 Å². The van der Waals surface area contributed by atoms with Crippen LogP contribution in [0.4, 0.5) is 0 Å². The zero-order valence-electron chi connectivity index (χ0n) is 21.1. The van der Waals surface area contributed by atoms with Crippen molar-refractivity contribution in [3.8, 4) is 0 Å². The van der Waals surface area contributed by atoms with Gasteiger partial charge in [-0.2, -0.15) is 0 Å². The first-order chi connectivity index (χ1) is 16.3. The van der Waals surface area contributed by atoms with Crippen LogP contribution in [-0.4, -0.2) is 60.0 Å². The van der Waals surface area contributed by atoms with E-state index < -0.39 is 65.9 Å². The Labute approximate surface area is 205 Å². The van der Waals surface area contributed by atoms with Crippen LogP contribution in [0, 0.1) is 5.92 Å². The summed E-state index contributed by atoms with van der Waals surface area (Å²) in [5.74, 6) is -2.64. The number of rotatable bonds is 3. The average molecular weight is 491 g/mol. The number of hydrogen-bond acceptors (Lipinski definition) is 9. The molecule has 0 bridgehead atoms. The van der Waals surface area contributed by atoms with Gasteiger partial charge in [0, 0.05) is 45.6 Å². The maximum atomic E-state index is 12.6. The molecule has 9 heteroatoms. The van der Waals surface area contributed by atoms with Crippen LogP contribution >= 0.6 is 0 Å². The van der Waals surface area contributed by atoms with E-state index in [1.165, 1.54) is 20.8 Å². The molecule has 3 aliphatic rings. The van der Waals surface area contributed by atoms with Crippen LogP contribution in [0.15, 0.2) is 35.5 Å². The van der Waals surface area contributed by atoms with Crippen molar-refractivity contribution in [3.63, 3.8) is 0 Å². The Bertz CT molecular complexity index is 977. The highest BCUT2D eigenvalue weighted by molar-refractivity contribution is 5.91. The topological polar surface area (TPSA) is 118 Å². The van der Waals surface area contributed by atoms with E-state index in [-0.39, 0.29) is 12.0 Å². The Morgan fingerprint density at radius 3 is 2.23 bits per heavy atom. The zero-order chi connectivity index (χ0) is 26.1. The van der Waals surface area contributed by atoms with E-state index in [4.69, 9.17) is 23.7 Å². The van der Waals surface area contributed by atoms with E-state index in [0.717, 1.165) is 11.1 Å². The van der Waals surface area contributed by atoms with Crippen LogP contribution in [0.1, 0.15) is 60.8 Å². The maximum absolute atomic E-state index is 12.6. The normalized spacial score (nSPS) is 35.3. The Kier molecular flexibility index (Phi) is 7.89. The van der Waals surface area contributed by atoms with Crippen LogP contribution in [0.2, 0.25) is 0 Å². The molecule has 7 atom stereocenters. The lowest BCUT2D eigenvalue weighted by atomic mass is 9.82. The minimum atomic E-state index is -0.915. The first-order valence-electron chi connectivity index (χ1n) is 11.7. The van der Waals surface area contributed by atoms with Gasteiger partial charge < -0.3 is 23.7 Å². The summed E-state index contributed by atoms with van der Waals surface area (Å²) in [4.78, 5) is 48.1. The number of epoxide rings is 1. The first kappa shape index (κ1) is 26.7. The molecule has 35 heavy (non-hydrogen) atoms. The Morgan fingerprint density at radius 2 is 1.63 bits per heavy atom. The first-order valence-corrected chi connectivity index (χ1v) is 11.7. The second kappa shape index (κ2) is 10.4. The van der Waals surface area contributed by atoms with Gasteiger partial charge in [-0.05, 0) is 26.8 Å². The third-order valence-corrected chi connectivity index (χ3v) is 6.63. The predicted octanol–water partition coefficient (Wildman–Crippen LogP) is 3.11. The van der Waals surface area contributed by atoms with Gasteiger partial charge in [0.2, 0.25) is 0 Å². The van der Waals surface area contributed by atoms with Crippen LogP contribution in [-0.2, 0) is 42.9 Å². The molecule has 2 saturated heterocycles. The number of carbonyl (C=O) groups excluding carboxylic acids is 4. The Balaban J connectivity index is 2.06. The van der Waals surface area contributed by atoms with Gasteiger partial charge in [0.25, 0.3) is 0 Å². The fourth-order valence-corrected chi connectivity index (χ4v) is 5.00. The van der Waals surface area contributed by atoms with Crippen molar-refractivity contribution in [3.05, 3.63) is 35.5 Å². The summed E-state index contributed by atoms with van der Waals surface area (Å²) in [6.45, 7) is 13.4. The van der Waals surface area contributed by atoms with Crippen LogP contribution in [0.25, 0.3) is 0 Å². The van der Waals surface area contributed by atoms with Gasteiger partial charge in [-0.1, -0.05) is 23.8 Å². The molecule has 0 aromatic carbocycles. The van der Waals surface area contributed by atoms with Crippen molar-refractivity contribution in [2.24, 2.45) is 5.92 Å². The average Bonchev–Trinajstić information content (AvgIpc) is 3.31. The molecule has 0 aromatic heterocycles. The quantitative estimate of drug-likeness (QED) is 0.193. The molecule has 0 aromatic rings. The summed E-state index contributed by atoms with van der Waals surface area (Å²) in [6, 6.07) is 0. The molecular weight excluding hydrogens is 456 g/mol. The Morgan fingerprint density at radius 1 is 1.00 bits per heavy atom. The SMILES string of the molecule is C=C1C(=O)O[C@H]2[C@H]1[C@H](OC(C)=O)CC(C)=C[C@H](OC(C)=O)CC(C)=CC[C@@H](OC(C)=O)[C@]1(C)O[C@@H]21. The lowest BCUT2D eigenvalue weighted by Crippen LogP contribution is -2.41. The molecule has 0 amide bonds. The molecule has 9 nitrogen and oxygen atoms in total. The molecule has 2 aliphatic heterocycles. The summed E-state index contributed by atoms with van der Waals surface area (Å²) in [5.41, 5.74) is 1.03. The largest absolute Gasteiger partial charge is 0.461 e. The maximum Gasteiger partial charge on any atom is 0.334 e. The van der Waals surface area contributed by atoms with Crippen LogP contribution in [0.5, 0.6) is 0 Å². The summed E-state index contributed by atoms with van der Waals surface area (Å²) in [6.07, 6.45) is 1.51. The van der Waals surface area contributed by atoms with Crippen molar-refractivity contribution >= 4 is 23.9 Å². The number of hydrogen-bond donors (Lipinski definition) is 0. The van der Waals surface area contributed by atoms with E-state index >= 15 is 0 Å². The van der Waals surface area contributed by atoms with Crippen molar-refractivity contribution < 1.29 is 42.9 Å².